The molecule has 1 aromatic carbocycles. The first-order chi connectivity index (χ1) is 11.2. The molecule has 0 bridgehead atoms. The number of hydrogen-bond acceptors (Lipinski definition) is 3. The van der Waals surface area contributed by atoms with Gasteiger partial charge in [-0.05, 0) is 17.7 Å². The highest BCUT2D eigenvalue weighted by molar-refractivity contribution is 5.82. The Bertz CT molecular complexity index is 652. The molecule has 2 amide bonds. The standard InChI is InChI=1S/C18H20N2O3/c21-17(9-8-16-7-4-10-23-16)19-15-11-18(22)20(13-15)12-14-5-2-1-3-6-14/h1-7,10,15H,8-9,11-13H2,(H,19,21). The largest absolute Gasteiger partial charge is 0.469 e. The molecule has 1 aliphatic rings. The monoisotopic (exact) mass is 312 g/mol. The van der Waals surface area contributed by atoms with Gasteiger partial charge in [0.1, 0.15) is 5.76 Å². The molecule has 1 saturated heterocycles. The lowest BCUT2D eigenvalue weighted by molar-refractivity contribution is -0.128. The number of aryl methyl sites for hydroxylation is 1. The van der Waals surface area contributed by atoms with Crippen LogP contribution in [0.4, 0.5) is 0 Å². The zero-order chi connectivity index (χ0) is 16.1. The number of carbonyl (C=O) groups excluding carboxylic acids is 2. The first-order valence-corrected chi connectivity index (χ1v) is 7.84. The van der Waals surface area contributed by atoms with Gasteiger partial charge in [0, 0.05) is 32.4 Å². The summed E-state index contributed by atoms with van der Waals surface area (Å²) in [5, 5.41) is 2.94. The maximum absolute atomic E-state index is 12.1. The summed E-state index contributed by atoms with van der Waals surface area (Å²) < 4.78 is 5.21. The van der Waals surface area contributed by atoms with Crippen LogP contribution in [0.15, 0.2) is 53.1 Å². The molecular formula is C18H20N2O3. The number of benzene rings is 1. The van der Waals surface area contributed by atoms with E-state index in [0.29, 0.717) is 32.4 Å². The molecule has 5 heteroatoms. The second-order valence-corrected chi connectivity index (χ2v) is 5.81. The molecule has 3 rings (SSSR count). The lowest BCUT2D eigenvalue weighted by atomic mass is 10.2. The van der Waals surface area contributed by atoms with Crippen molar-refractivity contribution in [3.63, 3.8) is 0 Å². The van der Waals surface area contributed by atoms with E-state index in [4.69, 9.17) is 4.42 Å². The highest BCUT2D eigenvalue weighted by Gasteiger charge is 2.30. The summed E-state index contributed by atoms with van der Waals surface area (Å²) in [5.41, 5.74) is 1.10. The Hall–Kier alpha value is -2.56. The number of nitrogens with zero attached hydrogens (tertiary/aromatic N) is 1. The molecule has 1 aliphatic heterocycles. The molecule has 0 spiro atoms. The van der Waals surface area contributed by atoms with E-state index < -0.39 is 0 Å². The third-order valence-corrected chi connectivity index (χ3v) is 3.97. The predicted molar refractivity (Wildman–Crippen MR) is 85.4 cm³/mol. The van der Waals surface area contributed by atoms with E-state index in [0.717, 1.165) is 11.3 Å². The lowest BCUT2D eigenvalue weighted by Crippen LogP contribution is -2.37. The fourth-order valence-electron chi connectivity index (χ4n) is 2.82. The van der Waals surface area contributed by atoms with Crippen LogP contribution < -0.4 is 5.32 Å². The van der Waals surface area contributed by atoms with Crippen LogP contribution in [0.2, 0.25) is 0 Å². The van der Waals surface area contributed by atoms with Crippen LogP contribution in [0.5, 0.6) is 0 Å². The van der Waals surface area contributed by atoms with E-state index in [1.807, 2.05) is 42.5 Å². The molecule has 0 radical (unpaired) electrons. The average molecular weight is 312 g/mol. The zero-order valence-electron chi connectivity index (χ0n) is 12.9. The minimum Gasteiger partial charge on any atom is -0.469 e. The number of hydrogen-bond donors (Lipinski definition) is 1. The molecule has 0 saturated carbocycles. The van der Waals surface area contributed by atoms with Crippen molar-refractivity contribution in [1.29, 1.82) is 0 Å². The Balaban J connectivity index is 1.46. The van der Waals surface area contributed by atoms with Crippen LogP contribution in [-0.2, 0) is 22.6 Å². The van der Waals surface area contributed by atoms with Crippen LogP contribution in [0.1, 0.15) is 24.2 Å². The predicted octanol–water partition coefficient (Wildman–Crippen LogP) is 2.13. The fraction of sp³-hybridized carbons (Fsp3) is 0.333. The zero-order valence-corrected chi connectivity index (χ0v) is 12.9. The summed E-state index contributed by atoms with van der Waals surface area (Å²) in [4.78, 5) is 25.9. The molecule has 5 nitrogen and oxygen atoms in total. The van der Waals surface area contributed by atoms with Crippen molar-refractivity contribution in [2.45, 2.75) is 31.8 Å². The minimum absolute atomic E-state index is 0.0410. The van der Waals surface area contributed by atoms with Gasteiger partial charge in [0.25, 0.3) is 0 Å². The molecular weight excluding hydrogens is 292 g/mol. The van der Waals surface area contributed by atoms with Crippen molar-refractivity contribution in [3.8, 4) is 0 Å². The molecule has 1 fully saturated rings. The first kappa shape index (κ1) is 15.3. The van der Waals surface area contributed by atoms with E-state index in [2.05, 4.69) is 5.32 Å². The average Bonchev–Trinajstić information content (AvgIpc) is 3.17. The van der Waals surface area contributed by atoms with Gasteiger partial charge in [0.05, 0.1) is 12.3 Å². The lowest BCUT2D eigenvalue weighted by Gasteiger charge is -2.17. The van der Waals surface area contributed by atoms with Gasteiger partial charge < -0.3 is 14.6 Å². The summed E-state index contributed by atoms with van der Waals surface area (Å²) in [7, 11) is 0. The van der Waals surface area contributed by atoms with Gasteiger partial charge in [-0.2, -0.15) is 0 Å². The molecule has 0 aliphatic carbocycles. The SMILES string of the molecule is O=C(CCc1ccco1)NC1CC(=O)N(Cc2ccccc2)C1. The van der Waals surface area contributed by atoms with Crippen molar-refractivity contribution >= 4 is 11.8 Å². The maximum Gasteiger partial charge on any atom is 0.225 e. The van der Waals surface area contributed by atoms with Crippen LogP contribution >= 0.6 is 0 Å². The summed E-state index contributed by atoms with van der Waals surface area (Å²) in [6, 6.07) is 13.4. The third kappa shape index (κ3) is 4.22. The maximum atomic E-state index is 12.1. The van der Waals surface area contributed by atoms with Gasteiger partial charge in [-0.3, -0.25) is 9.59 Å². The topological polar surface area (TPSA) is 62.6 Å². The number of likely N-dealkylation sites (tertiary alicyclic amines) is 1. The quantitative estimate of drug-likeness (QED) is 0.889. The normalized spacial score (nSPS) is 17.5. The Morgan fingerprint density at radius 2 is 2.04 bits per heavy atom. The summed E-state index contributed by atoms with van der Waals surface area (Å²) in [5.74, 6) is 0.847. The van der Waals surface area contributed by atoms with Gasteiger partial charge in [0.2, 0.25) is 11.8 Å². The van der Waals surface area contributed by atoms with Gasteiger partial charge in [-0.25, -0.2) is 0 Å². The Morgan fingerprint density at radius 3 is 2.78 bits per heavy atom. The van der Waals surface area contributed by atoms with E-state index in [-0.39, 0.29) is 17.9 Å². The van der Waals surface area contributed by atoms with E-state index in [1.54, 1.807) is 11.2 Å². The van der Waals surface area contributed by atoms with E-state index in [9.17, 15) is 9.59 Å². The number of nitrogens with one attached hydrogen (secondary N) is 1. The number of carbonyl (C=O) groups is 2. The van der Waals surface area contributed by atoms with Crippen molar-refractivity contribution in [2.75, 3.05) is 6.54 Å². The Labute approximate surface area is 135 Å². The highest BCUT2D eigenvalue weighted by atomic mass is 16.3. The summed E-state index contributed by atoms with van der Waals surface area (Å²) in [6.45, 7) is 1.17. The van der Waals surface area contributed by atoms with Gasteiger partial charge in [-0.15, -0.1) is 0 Å². The molecule has 2 heterocycles. The number of furan rings is 1. The van der Waals surface area contributed by atoms with Gasteiger partial charge >= 0.3 is 0 Å². The van der Waals surface area contributed by atoms with Crippen molar-refractivity contribution in [1.82, 2.24) is 10.2 Å². The van der Waals surface area contributed by atoms with Gasteiger partial charge in [-0.1, -0.05) is 30.3 Å². The number of rotatable bonds is 6. The van der Waals surface area contributed by atoms with E-state index in [1.165, 1.54) is 0 Å². The van der Waals surface area contributed by atoms with Crippen LogP contribution in [0.3, 0.4) is 0 Å². The summed E-state index contributed by atoms with van der Waals surface area (Å²) in [6.07, 6.45) is 2.92. The van der Waals surface area contributed by atoms with Crippen molar-refractivity contribution in [2.24, 2.45) is 0 Å². The van der Waals surface area contributed by atoms with Gasteiger partial charge in [0.15, 0.2) is 0 Å². The molecule has 1 N–H and O–H groups in total. The molecule has 1 unspecified atom stereocenters. The third-order valence-electron chi connectivity index (χ3n) is 3.97. The highest BCUT2D eigenvalue weighted by Crippen LogP contribution is 2.15. The number of amides is 2. The summed E-state index contributed by atoms with van der Waals surface area (Å²) >= 11 is 0. The van der Waals surface area contributed by atoms with Crippen LogP contribution in [0, 0.1) is 0 Å². The smallest absolute Gasteiger partial charge is 0.225 e. The second-order valence-electron chi connectivity index (χ2n) is 5.81. The molecule has 120 valence electrons. The Kier molecular flexibility index (Phi) is 4.76. The van der Waals surface area contributed by atoms with Crippen molar-refractivity contribution in [3.05, 3.63) is 60.1 Å². The fourth-order valence-corrected chi connectivity index (χ4v) is 2.82. The first-order valence-electron chi connectivity index (χ1n) is 7.84. The Morgan fingerprint density at radius 1 is 1.22 bits per heavy atom. The van der Waals surface area contributed by atoms with E-state index >= 15 is 0 Å². The molecule has 1 atom stereocenters. The minimum atomic E-state index is -0.102. The molecule has 2 aromatic rings. The van der Waals surface area contributed by atoms with Crippen LogP contribution in [0.25, 0.3) is 0 Å². The van der Waals surface area contributed by atoms with Crippen molar-refractivity contribution < 1.29 is 14.0 Å². The molecule has 23 heavy (non-hydrogen) atoms. The second kappa shape index (κ2) is 7.13. The molecule has 1 aromatic heterocycles. The van der Waals surface area contributed by atoms with Crippen LogP contribution in [-0.4, -0.2) is 29.3 Å².